The summed E-state index contributed by atoms with van der Waals surface area (Å²) in [4.78, 5) is 27.0. The number of nitrogens with zero attached hydrogens (tertiary/aromatic N) is 2. The summed E-state index contributed by atoms with van der Waals surface area (Å²) in [5.41, 5.74) is 0. The van der Waals surface area contributed by atoms with Crippen LogP contribution in [0, 0.1) is 5.92 Å². The van der Waals surface area contributed by atoms with Gasteiger partial charge in [0.2, 0.25) is 11.8 Å². The van der Waals surface area contributed by atoms with E-state index in [0.717, 1.165) is 32.7 Å². The van der Waals surface area contributed by atoms with E-state index >= 15 is 0 Å². The summed E-state index contributed by atoms with van der Waals surface area (Å²) in [6, 6.07) is 0. The summed E-state index contributed by atoms with van der Waals surface area (Å²) in [6.07, 6.45) is 0.592. The van der Waals surface area contributed by atoms with Crippen molar-refractivity contribution in [1.82, 2.24) is 15.1 Å². The summed E-state index contributed by atoms with van der Waals surface area (Å²) in [7, 11) is 0. The van der Waals surface area contributed by atoms with Crippen LogP contribution in [-0.4, -0.2) is 60.9 Å². The normalized spacial score (nSPS) is 26.3. The first-order chi connectivity index (χ1) is 7.66. The van der Waals surface area contributed by atoms with Crippen molar-refractivity contribution in [2.24, 2.45) is 5.92 Å². The van der Waals surface area contributed by atoms with Gasteiger partial charge in [0.25, 0.3) is 0 Å². The molecule has 0 bridgehead atoms. The number of carbonyl (C=O) groups excluding carboxylic acids is 2. The predicted molar refractivity (Wildman–Crippen MR) is 59.8 cm³/mol. The molecule has 0 radical (unpaired) electrons. The summed E-state index contributed by atoms with van der Waals surface area (Å²) in [5.74, 6) is 0.600. The lowest BCUT2D eigenvalue weighted by atomic mass is 10.2. The smallest absolute Gasteiger partial charge is 0.242 e. The molecule has 0 spiro atoms. The number of nitrogens with one attached hydrogen (secondary N) is 1. The molecule has 1 unspecified atom stereocenters. The molecule has 2 aliphatic heterocycles. The molecule has 0 aliphatic carbocycles. The van der Waals surface area contributed by atoms with Crippen molar-refractivity contribution in [3.05, 3.63) is 0 Å². The zero-order valence-electron chi connectivity index (χ0n) is 9.74. The van der Waals surface area contributed by atoms with Gasteiger partial charge in [-0.1, -0.05) is 6.92 Å². The SMILES string of the molecule is CC1CC(=O)N(CC(=O)N2CCNCC2)C1. The van der Waals surface area contributed by atoms with Crippen molar-refractivity contribution in [3.63, 3.8) is 0 Å². The Hall–Kier alpha value is -1.10. The second kappa shape index (κ2) is 4.82. The van der Waals surface area contributed by atoms with Crippen molar-refractivity contribution in [2.75, 3.05) is 39.3 Å². The van der Waals surface area contributed by atoms with Gasteiger partial charge >= 0.3 is 0 Å². The maximum absolute atomic E-state index is 11.9. The second-order valence-corrected chi connectivity index (χ2v) is 4.71. The Morgan fingerprint density at radius 1 is 1.44 bits per heavy atom. The van der Waals surface area contributed by atoms with Crippen molar-refractivity contribution in [1.29, 1.82) is 0 Å². The standard InChI is InChI=1S/C11H19N3O2/c1-9-6-10(15)14(7-9)8-11(16)13-4-2-12-3-5-13/h9,12H,2-8H2,1H3. The highest BCUT2D eigenvalue weighted by atomic mass is 16.2. The van der Waals surface area contributed by atoms with Crippen LogP contribution in [0.15, 0.2) is 0 Å². The van der Waals surface area contributed by atoms with Gasteiger partial charge in [0.1, 0.15) is 0 Å². The first kappa shape index (κ1) is 11.4. The van der Waals surface area contributed by atoms with Gasteiger partial charge in [-0.25, -0.2) is 0 Å². The minimum absolute atomic E-state index is 0.0870. The van der Waals surface area contributed by atoms with E-state index in [9.17, 15) is 9.59 Å². The summed E-state index contributed by atoms with van der Waals surface area (Å²) in [6.45, 7) is 6.28. The Morgan fingerprint density at radius 3 is 2.69 bits per heavy atom. The fourth-order valence-corrected chi connectivity index (χ4v) is 2.30. The molecular formula is C11H19N3O2. The van der Waals surface area contributed by atoms with Gasteiger partial charge in [-0.3, -0.25) is 9.59 Å². The second-order valence-electron chi connectivity index (χ2n) is 4.71. The van der Waals surface area contributed by atoms with Crippen LogP contribution in [0.4, 0.5) is 0 Å². The molecule has 2 rings (SSSR count). The van der Waals surface area contributed by atoms with Crippen LogP contribution in [0.5, 0.6) is 0 Å². The molecule has 5 nitrogen and oxygen atoms in total. The Balaban J connectivity index is 1.84. The van der Waals surface area contributed by atoms with Gasteiger partial charge < -0.3 is 15.1 Å². The lowest BCUT2D eigenvalue weighted by Gasteiger charge is -2.29. The molecule has 16 heavy (non-hydrogen) atoms. The van der Waals surface area contributed by atoms with Crippen molar-refractivity contribution in [3.8, 4) is 0 Å². The molecule has 0 aromatic rings. The number of hydrogen-bond donors (Lipinski definition) is 1. The van der Waals surface area contributed by atoms with Gasteiger partial charge in [-0.15, -0.1) is 0 Å². The maximum atomic E-state index is 11.9. The molecule has 2 saturated heterocycles. The van der Waals surface area contributed by atoms with E-state index < -0.39 is 0 Å². The molecule has 1 N–H and O–H groups in total. The Kier molecular flexibility index (Phi) is 3.43. The van der Waals surface area contributed by atoms with E-state index in [1.807, 2.05) is 11.8 Å². The molecule has 2 heterocycles. The third-order valence-electron chi connectivity index (χ3n) is 3.20. The first-order valence-corrected chi connectivity index (χ1v) is 5.93. The van der Waals surface area contributed by atoms with Gasteiger partial charge in [0.15, 0.2) is 0 Å². The van der Waals surface area contributed by atoms with Crippen LogP contribution >= 0.6 is 0 Å². The average molecular weight is 225 g/mol. The van der Waals surface area contributed by atoms with Crippen LogP contribution in [0.3, 0.4) is 0 Å². The highest BCUT2D eigenvalue weighted by Gasteiger charge is 2.29. The van der Waals surface area contributed by atoms with E-state index in [0.29, 0.717) is 12.3 Å². The van der Waals surface area contributed by atoms with E-state index in [1.54, 1.807) is 4.90 Å². The molecule has 2 fully saturated rings. The number of rotatable bonds is 2. The minimum Gasteiger partial charge on any atom is -0.339 e. The first-order valence-electron chi connectivity index (χ1n) is 5.93. The van der Waals surface area contributed by atoms with Gasteiger partial charge in [0, 0.05) is 39.1 Å². The minimum atomic E-state index is 0.0870. The van der Waals surface area contributed by atoms with Gasteiger partial charge in [0.05, 0.1) is 6.54 Å². The maximum Gasteiger partial charge on any atom is 0.242 e. The van der Waals surface area contributed by atoms with Crippen LogP contribution in [0.25, 0.3) is 0 Å². The Bertz CT molecular complexity index is 287. The Labute approximate surface area is 95.8 Å². The van der Waals surface area contributed by atoms with Crippen LogP contribution in [0.2, 0.25) is 0 Å². The fourth-order valence-electron chi connectivity index (χ4n) is 2.30. The highest BCUT2D eigenvalue weighted by molar-refractivity contribution is 5.86. The number of carbonyl (C=O) groups is 2. The summed E-state index contributed by atoms with van der Waals surface area (Å²) in [5, 5.41) is 3.20. The number of amides is 2. The van der Waals surface area contributed by atoms with Crippen molar-refractivity contribution < 1.29 is 9.59 Å². The molecule has 0 aromatic carbocycles. The average Bonchev–Trinajstić information content (AvgIpc) is 2.59. The molecular weight excluding hydrogens is 206 g/mol. The third-order valence-corrected chi connectivity index (χ3v) is 3.20. The number of hydrogen-bond acceptors (Lipinski definition) is 3. The molecule has 2 aliphatic rings. The molecule has 1 atom stereocenters. The van der Waals surface area contributed by atoms with E-state index in [2.05, 4.69) is 5.32 Å². The predicted octanol–water partition coefficient (Wildman–Crippen LogP) is -0.713. The summed E-state index contributed by atoms with van der Waals surface area (Å²) >= 11 is 0. The highest BCUT2D eigenvalue weighted by Crippen LogP contribution is 2.16. The third kappa shape index (κ3) is 2.52. The van der Waals surface area contributed by atoms with Gasteiger partial charge in [-0.2, -0.15) is 0 Å². The van der Waals surface area contributed by atoms with E-state index in [-0.39, 0.29) is 18.4 Å². The monoisotopic (exact) mass is 225 g/mol. The van der Waals surface area contributed by atoms with Crippen LogP contribution in [-0.2, 0) is 9.59 Å². The van der Waals surface area contributed by atoms with E-state index in [4.69, 9.17) is 0 Å². The molecule has 0 saturated carbocycles. The van der Waals surface area contributed by atoms with E-state index in [1.165, 1.54) is 0 Å². The van der Waals surface area contributed by atoms with Crippen molar-refractivity contribution in [2.45, 2.75) is 13.3 Å². The largest absolute Gasteiger partial charge is 0.339 e. The zero-order chi connectivity index (χ0) is 11.5. The Morgan fingerprint density at radius 2 is 2.12 bits per heavy atom. The number of piperazine rings is 1. The topological polar surface area (TPSA) is 52.7 Å². The zero-order valence-corrected chi connectivity index (χ0v) is 9.74. The van der Waals surface area contributed by atoms with Gasteiger partial charge in [-0.05, 0) is 5.92 Å². The quantitative estimate of drug-likeness (QED) is 0.675. The number of likely N-dealkylation sites (tertiary alicyclic amines) is 1. The van der Waals surface area contributed by atoms with Crippen LogP contribution < -0.4 is 5.32 Å². The molecule has 2 amide bonds. The molecule has 90 valence electrons. The molecule has 0 aromatic heterocycles. The lowest BCUT2D eigenvalue weighted by Crippen LogP contribution is -2.49. The van der Waals surface area contributed by atoms with Crippen molar-refractivity contribution >= 4 is 11.8 Å². The van der Waals surface area contributed by atoms with Crippen LogP contribution in [0.1, 0.15) is 13.3 Å². The summed E-state index contributed by atoms with van der Waals surface area (Å²) < 4.78 is 0. The molecule has 5 heteroatoms. The fraction of sp³-hybridized carbons (Fsp3) is 0.818. The lowest BCUT2D eigenvalue weighted by molar-refractivity contribution is -0.138.